The van der Waals surface area contributed by atoms with Gasteiger partial charge in [0.05, 0.1) is 4.92 Å². The lowest BCUT2D eigenvalue weighted by atomic mass is 10.1. The van der Waals surface area contributed by atoms with Gasteiger partial charge in [0.25, 0.3) is 0 Å². The molecule has 2 rings (SSSR count). The quantitative estimate of drug-likeness (QED) is 0.657. The van der Waals surface area contributed by atoms with Crippen LogP contribution in [0.15, 0.2) is 18.2 Å². The number of nitrogens with zero attached hydrogens (tertiary/aromatic N) is 1. The summed E-state index contributed by atoms with van der Waals surface area (Å²) in [6, 6.07) is 5.05. The van der Waals surface area contributed by atoms with Crippen molar-refractivity contribution < 1.29 is 9.66 Å². The van der Waals surface area contributed by atoms with E-state index in [1.54, 1.807) is 12.1 Å². The Bertz CT molecular complexity index is 448. The van der Waals surface area contributed by atoms with Gasteiger partial charge in [-0.3, -0.25) is 10.1 Å². The number of ether oxygens (including phenoxy) is 1. The normalized spacial score (nSPS) is 23.0. The summed E-state index contributed by atoms with van der Waals surface area (Å²) in [5.41, 5.74) is 6.58. The van der Waals surface area contributed by atoms with Gasteiger partial charge in [-0.25, -0.2) is 0 Å². The van der Waals surface area contributed by atoms with Gasteiger partial charge in [-0.05, 0) is 44.4 Å². The summed E-state index contributed by atoms with van der Waals surface area (Å²) >= 11 is 0. The average molecular weight is 250 g/mol. The molecule has 1 saturated carbocycles. The van der Waals surface area contributed by atoms with Crippen LogP contribution in [0, 0.1) is 23.0 Å². The molecule has 1 aliphatic carbocycles. The van der Waals surface area contributed by atoms with Crippen molar-refractivity contribution in [2.75, 3.05) is 6.54 Å². The van der Waals surface area contributed by atoms with Gasteiger partial charge in [-0.15, -0.1) is 0 Å². The maximum atomic E-state index is 11.0. The number of nitro benzene ring substituents is 1. The van der Waals surface area contributed by atoms with Gasteiger partial charge in [0.2, 0.25) is 0 Å². The van der Waals surface area contributed by atoms with Crippen LogP contribution < -0.4 is 10.5 Å². The van der Waals surface area contributed by atoms with Gasteiger partial charge < -0.3 is 10.5 Å². The molecule has 0 spiro atoms. The number of hydrogen-bond acceptors (Lipinski definition) is 4. The highest BCUT2D eigenvalue weighted by atomic mass is 16.6. The Kier molecular flexibility index (Phi) is 3.81. The summed E-state index contributed by atoms with van der Waals surface area (Å²) in [6.07, 6.45) is 3.05. The molecule has 0 heterocycles. The Morgan fingerprint density at radius 1 is 1.50 bits per heavy atom. The van der Waals surface area contributed by atoms with Crippen LogP contribution in [-0.4, -0.2) is 17.6 Å². The van der Waals surface area contributed by atoms with Crippen molar-refractivity contribution in [3.63, 3.8) is 0 Å². The van der Waals surface area contributed by atoms with Crippen molar-refractivity contribution in [2.24, 2.45) is 11.7 Å². The number of rotatable bonds is 4. The molecular weight excluding hydrogens is 232 g/mol. The van der Waals surface area contributed by atoms with E-state index in [0.29, 0.717) is 18.2 Å². The van der Waals surface area contributed by atoms with Crippen LogP contribution in [-0.2, 0) is 0 Å². The highest BCUT2D eigenvalue weighted by Gasteiger charge is 2.29. The molecule has 1 aromatic carbocycles. The topological polar surface area (TPSA) is 78.4 Å². The lowest BCUT2D eigenvalue weighted by Crippen LogP contribution is -2.27. The summed E-state index contributed by atoms with van der Waals surface area (Å²) in [5.74, 6) is 0.668. The van der Waals surface area contributed by atoms with E-state index in [0.717, 1.165) is 24.8 Å². The molecule has 0 aromatic heterocycles. The number of aryl methyl sites for hydroxylation is 1. The van der Waals surface area contributed by atoms with E-state index in [2.05, 4.69) is 0 Å². The van der Waals surface area contributed by atoms with Crippen molar-refractivity contribution in [2.45, 2.75) is 32.3 Å². The minimum atomic E-state index is -0.394. The van der Waals surface area contributed by atoms with E-state index in [4.69, 9.17) is 10.5 Å². The molecule has 2 unspecified atom stereocenters. The zero-order valence-corrected chi connectivity index (χ0v) is 10.5. The molecule has 1 aromatic rings. The van der Waals surface area contributed by atoms with Crippen LogP contribution in [0.2, 0.25) is 0 Å². The second-order valence-electron chi connectivity index (χ2n) is 4.81. The molecule has 2 atom stereocenters. The average Bonchev–Trinajstić information content (AvgIpc) is 2.78. The summed E-state index contributed by atoms with van der Waals surface area (Å²) < 4.78 is 5.80. The molecule has 0 saturated heterocycles. The predicted molar refractivity (Wildman–Crippen MR) is 68.6 cm³/mol. The first kappa shape index (κ1) is 12.8. The van der Waals surface area contributed by atoms with E-state index in [1.807, 2.05) is 13.0 Å². The minimum Gasteiger partial charge on any atom is -0.483 e. The Hall–Kier alpha value is -1.62. The van der Waals surface area contributed by atoms with Gasteiger partial charge in [0.15, 0.2) is 5.75 Å². The Balaban J connectivity index is 2.20. The monoisotopic (exact) mass is 250 g/mol. The second kappa shape index (κ2) is 5.35. The summed E-state index contributed by atoms with van der Waals surface area (Å²) in [5, 5.41) is 11.0. The highest BCUT2D eigenvalue weighted by Crippen LogP contribution is 2.34. The van der Waals surface area contributed by atoms with Crippen molar-refractivity contribution in [1.29, 1.82) is 0 Å². The molecule has 0 radical (unpaired) electrons. The van der Waals surface area contributed by atoms with Crippen molar-refractivity contribution in [3.05, 3.63) is 33.9 Å². The third-order valence-corrected chi connectivity index (χ3v) is 3.48. The fourth-order valence-electron chi connectivity index (χ4n) is 2.46. The molecule has 18 heavy (non-hydrogen) atoms. The van der Waals surface area contributed by atoms with Crippen LogP contribution in [0.4, 0.5) is 5.69 Å². The van der Waals surface area contributed by atoms with E-state index >= 15 is 0 Å². The van der Waals surface area contributed by atoms with Crippen LogP contribution in [0.1, 0.15) is 24.8 Å². The standard InChI is InChI=1S/C13H18N2O3/c1-9-5-6-13(11(7-9)15(16)17)18-12-4-2-3-10(12)8-14/h5-7,10,12H,2-4,8,14H2,1H3. The first-order chi connectivity index (χ1) is 8.61. The summed E-state index contributed by atoms with van der Waals surface area (Å²) in [6.45, 7) is 2.40. The fraction of sp³-hybridized carbons (Fsp3) is 0.538. The third kappa shape index (κ3) is 2.61. The predicted octanol–water partition coefficient (Wildman–Crippen LogP) is 2.41. The Morgan fingerprint density at radius 3 is 2.94 bits per heavy atom. The van der Waals surface area contributed by atoms with E-state index in [1.165, 1.54) is 0 Å². The van der Waals surface area contributed by atoms with Crippen LogP contribution in [0.5, 0.6) is 5.75 Å². The van der Waals surface area contributed by atoms with Gasteiger partial charge in [-0.2, -0.15) is 0 Å². The lowest BCUT2D eigenvalue weighted by molar-refractivity contribution is -0.386. The van der Waals surface area contributed by atoms with E-state index < -0.39 is 4.92 Å². The maximum absolute atomic E-state index is 11.0. The number of nitro groups is 1. The summed E-state index contributed by atoms with van der Waals surface area (Å²) in [4.78, 5) is 10.6. The smallest absolute Gasteiger partial charge is 0.311 e. The van der Waals surface area contributed by atoms with Gasteiger partial charge in [0, 0.05) is 12.0 Å². The molecule has 0 aliphatic heterocycles. The SMILES string of the molecule is Cc1ccc(OC2CCCC2CN)c([N+](=O)[O-])c1. The first-order valence-electron chi connectivity index (χ1n) is 6.23. The van der Waals surface area contributed by atoms with Crippen molar-refractivity contribution in [1.82, 2.24) is 0 Å². The van der Waals surface area contributed by atoms with Crippen molar-refractivity contribution >= 4 is 5.69 Å². The molecule has 5 heteroatoms. The Labute approximate surface area is 106 Å². The molecule has 0 bridgehead atoms. The second-order valence-corrected chi connectivity index (χ2v) is 4.81. The molecule has 1 aliphatic rings. The molecule has 98 valence electrons. The highest BCUT2D eigenvalue weighted by molar-refractivity contribution is 5.48. The number of hydrogen-bond donors (Lipinski definition) is 1. The van der Waals surface area contributed by atoms with Crippen LogP contribution in [0.25, 0.3) is 0 Å². The van der Waals surface area contributed by atoms with Gasteiger partial charge in [-0.1, -0.05) is 6.07 Å². The first-order valence-corrected chi connectivity index (χ1v) is 6.23. The van der Waals surface area contributed by atoms with Crippen molar-refractivity contribution in [3.8, 4) is 5.75 Å². The minimum absolute atomic E-state index is 0.0106. The number of benzene rings is 1. The van der Waals surface area contributed by atoms with Crippen LogP contribution >= 0.6 is 0 Å². The van der Waals surface area contributed by atoms with Gasteiger partial charge in [0.1, 0.15) is 6.10 Å². The number of nitrogens with two attached hydrogens (primary N) is 1. The Morgan fingerprint density at radius 2 is 2.28 bits per heavy atom. The molecule has 0 amide bonds. The zero-order chi connectivity index (χ0) is 13.1. The largest absolute Gasteiger partial charge is 0.483 e. The fourth-order valence-corrected chi connectivity index (χ4v) is 2.46. The molecule has 2 N–H and O–H groups in total. The molecule has 5 nitrogen and oxygen atoms in total. The zero-order valence-electron chi connectivity index (χ0n) is 10.5. The molecular formula is C13H18N2O3. The molecule has 1 fully saturated rings. The van der Waals surface area contributed by atoms with E-state index in [-0.39, 0.29) is 11.8 Å². The lowest BCUT2D eigenvalue weighted by Gasteiger charge is -2.19. The van der Waals surface area contributed by atoms with Gasteiger partial charge >= 0.3 is 5.69 Å². The maximum Gasteiger partial charge on any atom is 0.311 e. The third-order valence-electron chi connectivity index (χ3n) is 3.48. The van der Waals surface area contributed by atoms with E-state index in [9.17, 15) is 10.1 Å². The van der Waals surface area contributed by atoms with Crippen LogP contribution in [0.3, 0.4) is 0 Å². The summed E-state index contributed by atoms with van der Waals surface area (Å²) in [7, 11) is 0.